The zero-order valence-corrected chi connectivity index (χ0v) is 11.8. The van der Waals surface area contributed by atoms with E-state index in [1.54, 1.807) is 0 Å². The summed E-state index contributed by atoms with van der Waals surface area (Å²) >= 11 is 6.43. The van der Waals surface area contributed by atoms with Gasteiger partial charge in [0.15, 0.2) is 0 Å². The lowest BCUT2D eigenvalue weighted by atomic mass is 9.78. The number of benzene rings is 1. The first-order valence-corrected chi connectivity index (χ1v) is 7.37. The summed E-state index contributed by atoms with van der Waals surface area (Å²) in [4.78, 5) is 2.46. The summed E-state index contributed by atoms with van der Waals surface area (Å²) in [5.74, 6) is 0. The zero-order valence-electron chi connectivity index (χ0n) is 11.0. The van der Waals surface area contributed by atoms with Crippen LogP contribution in [0.2, 0.25) is 5.02 Å². The molecule has 0 amide bonds. The number of rotatable bonds is 0. The van der Waals surface area contributed by atoms with E-state index in [4.69, 9.17) is 11.6 Å². The third-order valence-electron chi connectivity index (χ3n) is 4.72. The number of halogens is 1. The second-order valence-corrected chi connectivity index (χ2v) is 6.06. The van der Waals surface area contributed by atoms with Crippen LogP contribution in [0.1, 0.15) is 38.5 Å². The molecule has 2 aliphatic rings. The number of para-hydroxylation sites is 1. The van der Waals surface area contributed by atoms with Crippen molar-refractivity contribution < 1.29 is 0 Å². The summed E-state index contributed by atoms with van der Waals surface area (Å²) in [5.41, 5.74) is 2.70. The van der Waals surface area contributed by atoms with Gasteiger partial charge in [-0.1, -0.05) is 36.9 Å². The van der Waals surface area contributed by atoms with E-state index in [0.29, 0.717) is 5.54 Å². The summed E-state index contributed by atoms with van der Waals surface area (Å²) in [6.45, 7) is 1.05. The van der Waals surface area contributed by atoms with Crippen LogP contribution in [0.3, 0.4) is 0 Å². The summed E-state index contributed by atoms with van der Waals surface area (Å²) in [6.07, 6.45) is 7.91. The average molecular weight is 265 g/mol. The maximum absolute atomic E-state index is 6.43. The Hall–Kier alpha value is -0.890. The minimum atomic E-state index is 0.321. The molecule has 1 saturated carbocycles. The number of hydrogen-bond acceptors (Lipinski definition) is 2. The Morgan fingerprint density at radius 2 is 1.94 bits per heavy atom. The SMILES string of the molecule is CN1c2c(Cl)cccc2NCCC12CCCCC2. The average Bonchev–Trinajstić information content (AvgIpc) is 2.51. The molecule has 0 radical (unpaired) electrons. The molecule has 0 bridgehead atoms. The van der Waals surface area contributed by atoms with Gasteiger partial charge in [0.25, 0.3) is 0 Å². The Labute approximate surface area is 114 Å². The molecule has 1 aromatic carbocycles. The predicted octanol–water partition coefficient (Wildman–Crippen LogP) is 4.29. The molecule has 2 nitrogen and oxygen atoms in total. The van der Waals surface area contributed by atoms with Gasteiger partial charge >= 0.3 is 0 Å². The molecule has 0 saturated heterocycles. The van der Waals surface area contributed by atoms with E-state index in [1.165, 1.54) is 49.9 Å². The number of hydrogen-bond donors (Lipinski definition) is 1. The largest absolute Gasteiger partial charge is 0.383 e. The van der Waals surface area contributed by atoms with Gasteiger partial charge < -0.3 is 10.2 Å². The van der Waals surface area contributed by atoms with Crippen molar-refractivity contribution in [2.75, 3.05) is 23.8 Å². The van der Waals surface area contributed by atoms with E-state index in [0.717, 1.165) is 11.6 Å². The molecule has 0 atom stereocenters. The molecule has 3 heteroatoms. The first-order chi connectivity index (χ1) is 8.73. The molecular weight excluding hydrogens is 244 g/mol. The lowest BCUT2D eigenvalue weighted by molar-refractivity contribution is 0.274. The predicted molar refractivity (Wildman–Crippen MR) is 78.8 cm³/mol. The van der Waals surface area contributed by atoms with Crippen molar-refractivity contribution in [3.05, 3.63) is 23.2 Å². The van der Waals surface area contributed by atoms with Gasteiger partial charge in [0.1, 0.15) is 0 Å². The molecule has 1 N–H and O–H groups in total. The van der Waals surface area contributed by atoms with Gasteiger partial charge in [-0.3, -0.25) is 0 Å². The van der Waals surface area contributed by atoms with Gasteiger partial charge in [-0.15, -0.1) is 0 Å². The summed E-state index contributed by atoms with van der Waals surface area (Å²) in [5, 5.41) is 4.41. The Kier molecular flexibility index (Phi) is 3.14. The second kappa shape index (κ2) is 4.65. The van der Waals surface area contributed by atoms with E-state index < -0.39 is 0 Å². The molecule has 1 spiro atoms. The molecule has 1 heterocycles. The summed E-state index contributed by atoms with van der Waals surface area (Å²) in [6, 6.07) is 6.17. The van der Waals surface area contributed by atoms with Gasteiger partial charge in [-0.05, 0) is 31.4 Å². The lowest BCUT2D eigenvalue weighted by Gasteiger charge is -2.45. The van der Waals surface area contributed by atoms with E-state index in [2.05, 4.69) is 23.3 Å². The number of nitrogens with zero attached hydrogens (tertiary/aromatic N) is 1. The van der Waals surface area contributed by atoms with Crippen molar-refractivity contribution in [1.82, 2.24) is 0 Å². The molecular formula is C15H21ClN2. The van der Waals surface area contributed by atoms with Crippen molar-refractivity contribution in [2.24, 2.45) is 0 Å². The Morgan fingerprint density at radius 3 is 2.72 bits per heavy atom. The minimum Gasteiger partial charge on any atom is -0.383 e. The van der Waals surface area contributed by atoms with E-state index in [1.807, 2.05) is 12.1 Å². The number of fused-ring (bicyclic) bond motifs is 1. The van der Waals surface area contributed by atoms with Gasteiger partial charge in [-0.25, -0.2) is 0 Å². The van der Waals surface area contributed by atoms with E-state index in [-0.39, 0.29) is 0 Å². The van der Waals surface area contributed by atoms with E-state index >= 15 is 0 Å². The van der Waals surface area contributed by atoms with Crippen LogP contribution in [0.5, 0.6) is 0 Å². The third-order valence-corrected chi connectivity index (χ3v) is 5.03. The maximum atomic E-state index is 6.43. The molecule has 18 heavy (non-hydrogen) atoms. The molecule has 98 valence electrons. The van der Waals surface area contributed by atoms with Crippen LogP contribution in [0.4, 0.5) is 11.4 Å². The Bertz CT molecular complexity index is 438. The van der Waals surface area contributed by atoms with Crippen molar-refractivity contribution in [1.29, 1.82) is 0 Å². The fourth-order valence-electron chi connectivity index (χ4n) is 3.63. The van der Waals surface area contributed by atoms with Crippen LogP contribution in [0.25, 0.3) is 0 Å². The smallest absolute Gasteiger partial charge is 0.0793 e. The minimum absolute atomic E-state index is 0.321. The summed E-state index contributed by atoms with van der Waals surface area (Å²) in [7, 11) is 2.23. The molecule has 1 aromatic rings. The molecule has 1 aliphatic heterocycles. The quantitative estimate of drug-likeness (QED) is 0.752. The van der Waals surface area contributed by atoms with Gasteiger partial charge in [0.2, 0.25) is 0 Å². The highest BCUT2D eigenvalue weighted by Crippen LogP contribution is 2.45. The number of nitrogens with one attached hydrogen (secondary N) is 1. The lowest BCUT2D eigenvalue weighted by Crippen LogP contribution is -2.48. The van der Waals surface area contributed by atoms with Gasteiger partial charge in [-0.2, -0.15) is 0 Å². The van der Waals surface area contributed by atoms with Crippen LogP contribution < -0.4 is 10.2 Å². The topological polar surface area (TPSA) is 15.3 Å². The Morgan fingerprint density at radius 1 is 1.17 bits per heavy atom. The molecule has 1 fully saturated rings. The zero-order chi connectivity index (χ0) is 12.6. The first kappa shape index (κ1) is 12.2. The van der Waals surface area contributed by atoms with E-state index in [9.17, 15) is 0 Å². The summed E-state index contributed by atoms with van der Waals surface area (Å²) < 4.78 is 0. The fourth-order valence-corrected chi connectivity index (χ4v) is 3.93. The highest BCUT2D eigenvalue weighted by atomic mass is 35.5. The maximum Gasteiger partial charge on any atom is 0.0793 e. The van der Waals surface area contributed by atoms with Crippen LogP contribution in [0.15, 0.2) is 18.2 Å². The normalized spacial score (nSPS) is 22.2. The van der Waals surface area contributed by atoms with Gasteiger partial charge in [0, 0.05) is 19.1 Å². The van der Waals surface area contributed by atoms with Crippen molar-refractivity contribution in [3.63, 3.8) is 0 Å². The monoisotopic (exact) mass is 264 g/mol. The number of anilines is 2. The third kappa shape index (κ3) is 1.87. The highest BCUT2D eigenvalue weighted by molar-refractivity contribution is 6.34. The van der Waals surface area contributed by atoms with Crippen LogP contribution >= 0.6 is 11.6 Å². The van der Waals surface area contributed by atoms with Crippen molar-refractivity contribution in [2.45, 2.75) is 44.1 Å². The van der Waals surface area contributed by atoms with Gasteiger partial charge in [0.05, 0.1) is 16.4 Å². The molecule has 1 aliphatic carbocycles. The second-order valence-electron chi connectivity index (χ2n) is 5.66. The molecule has 0 aromatic heterocycles. The fraction of sp³-hybridized carbons (Fsp3) is 0.600. The first-order valence-electron chi connectivity index (χ1n) is 6.99. The Balaban J connectivity index is 2.04. The molecule has 0 unspecified atom stereocenters. The standard InChI is InChI=1S/C15H21ClN2/c1-18-14-12(16)6-5-7-13(14)17-11-10-15(18)8-3-2-4-9-15/h5-7,17H,2-4,8-11H2,1H3. The molecule has 3 rings (SSSR count). The van der Waals surface area contributed by atoms with Crippen LogP contribution in [0, 0.1) is 0 Å². The van der Waals surface area contributed by atoms with Crippen molar-refractivity contribution in [3.8, 4) is 0 Å². The highest BCUT2D eigenvalue weighted by Gasteiger charge is 2.38. The van der Waals surface area contributed by atoms with Crippen molar-refractivity contribution >= 4 is 23.0 Å². The van der Waals surface area contributed by atoms with Crippen LogP contribution in [-0.2, 0) is 0 Å². The van der Waals surface area contributed by atoms with Crippen LogP contribution in [-0.4, -0.2) is 19.1 Å².